The summed E-state index contributed by atoms with van der Waals surface area (Å²) in [6, 6.07) is 2.60. The first-order chi connectivity index (χ1) is 9.08. The Morgan fingerprint density at radius 3 is 2.89 bits per heavy atom. The van der Waals surface area contributed by atoms with Crippen molar-refractivity contribution >= 4 is 22.9 Å². The molecule has 2 atom stereocenters. The standard InChI is InChI=1S/C13H15ClFN3S/c1-8(13-16-5-6-19-13)7-17-9(2)12-10(15)3-4-11(14)18-12/h3-6,8-9,17H,7H2,1-2H3. The number of nitrogens with zero attached hydrogens (tertiary/aromatic N) is 2. The van der Waals surface area contributed by atoms with Crippen molar-refractivity contribution in [2.75, 3.05) is 6.54 Å². The second kappa shape index (κ2) is 6.41. The number of rotatable bonds is 5. The molecule has 102 valence electrons. The van der Waals surface area contributed by atoms with E-state index in [1.165, 1.54) is 12.1 Å². The minimum atomic E-state index is -0.341. The van der Waals surface area contributed by atoms with Crippen molar-refractivity contribution in [1.82, 2.24) is 15.3 Å². The molecule has 19 heavy (non-hydrogen) atoms. The molecule has 0 fully saturated rings. The number of hydrogen-bond acceptors (Lipinski definition) is 4. The second-order valence-electron chi connectivity index (χ2n) is 4.40. The molecule has 0 aliphatic heterocycles. The summed E-state index contributed by atoms with van der Waals surface area (Å²) in [4.78, 5) is 8.29. The molecule has 0 radical (unpaired) electrons. The molecule has 0 aromatic carbocycles. The first-order valence-electron chi connectivity index (χ1n) is 6.02. The number of aromatic nitrogens is 2. The number of pyridine rings is 1. The maximum absolute atomic E-state index is 13.6. The SMILES string of the molecule is CC(CNC(C)c1nc(Cl)ccc1F)c1nccs1. The molecule has 2 unspecified atom stereocenters. The second-order valence-corrected chi connectivity index (χ2v) is 5.72. The maximum atomic E-state index is 13.6. The van der Waals surface area contributed by atoms with Crippen LogP contribution in [0, 0.1) is 5.82 Å². The van der Waals surface area contributed by atoms with Gasteiger partial charge in [0.1, 0.15) is 11.0 Å². The van der Waals surface area contributed by atoms with Gasteiger partial charge in [0.25, 0.3) is 0 Å². The van der Waals surface area contributed by atoms with Crippen LogP contribution in [-0.4, -0.2) is 16.5 Å². The summed E-state index contributed by atoms with van der Waals surface area (Å²) < 4.78 is 13.6. The highest BCUT2D eigenvalue weighted by Crippen LogP contribution is 2.20. The van der Waals surface area contributed by atoms with Crippen LogP contribution in [0.3, 0.4) is 0 Å². The summed E-state index contributed by atoms with van der Waals surface area (Å²) in [6.07, 6.45) is 1.79. The molecule has 6 heteroatoms. The molecule has 0 amide bonds. The smallest absolute Gasteiger partial charge is 0.146 e. The summed E-state index contributed by atoms with van der Waals surface area (Å²) in [5.74, 6) is -0.0593. The molecule has 0 aliphatic carbocycles. The van der Waals surface area contributed by atoms with Gasteiger partial charge in [0.2, 0.25) is 0 Å². The lowest BCUT2D eigenvalue weighted by Crippen LogP contribution is -2.25. The summed E-state index contributed by atoms with van der Waals surface area (Å²) in [5.41, 5.74) is 0.346. The minimum absolute atomic E-state index is 0.193. The Kier molecular flexibility index (Phi) is 4.85. The monoisotopic (exact) mass is 299 g/mol. The van der Waals surface area contributed by atoms with E-state index >= 15 is 0 Å². The molecule has 0 saturated heterocycles. The van der Waals surface area contributed by atoms with Crippen LogP contribution in [-0.2, 0) is 0 Å². The van der Waals surface area contributed by atoms with E-state index in [0.717, 1.165) is 5.01 Å². The zero-order valence-electron chi connectivity index (χ0n) is 10.7. The van der Waals surface area contributed by atoms with Crippen molar-refractivity contribution in [1.29, 1.82) is 0 Å². The van der Waals surface area contributed by atoms with E-state index in [1.807, 2.05) is 12.3 Å². The van der Waals surface area contributed by atoms with Crippen molar-refractivity contribution in [2.24, 2.45) is 0 Å². The van der Waals surface area contributed by atoms with Crippen LogP contribution in [0.4, 0.5) is 4.39 Å². The van der Waals surface area contributed by atoms with Gasteiger partial charge in [-0.1, -0.05) is 18.5 Å². The van der Waals surface area contributed by atoms with Crippen LogP contribution in [0.5, 0.6) is 0 Å². The zero-order valence-corrected chi connectivity index (χ0v) is 12.3. The summed E-state index contributed by atoms with van der Waals surface area (Å²) in [6.45, 7) is 4.67. The highest BCUT2D eigenvalue weighted by molar-refractivity contribution is 7.09. The molecule has 2 aromatic heterocycles. The lowest BCUT2D eigenvalue weighted by atomic mass is 10.1. The third-order valence-corrected chi connectivity index (χ3v) is 4.07. The van der Waals surface area contributed by atoms with Crippen LogP contribution >= 0.6 is 22.9 Å². The number of halogens is 2. The van der Waals surface area contributed by atoms with Crippen molar-refractivity contribution < 1.29 is 4.39 Å². The van der Waals surface area contributed by atoms with Gasteiger partial charge in [-0.05, 0) is 19.1 Å². The first-order valence-corrected chi connectivity index (χ1v) is 7.28. The molecule has 0 saturated carbocycles. The highest BCUT2D eigenvalue weighted by atomic mass is 35.5. The van der Waals surface area contributed by atoms with Crippen LogP contribution in [0.15, 0.2) is 23.7 Å². The third kappa shape index (κ3) is 3.72. The molecule has 1 N–H and O–H groups in total. The van der Waals surface area contributed by atoms with E-state index in [4.69, 9.17) is 11.6 Å². The Balaban J connectivity index is 1.97. The quantitative estimate of drug-likeness (QED) is 0.854. The number of nitrogens with one attached hydrogen (secondary N) is 1. The molecular formula is C13H15ClFN3S. The van der Waals surface area contributed by atoms with Crippen molar-refractivity contribution in [3.05, 3.63) is 45.4 Å². The fourth-order valence-electron chi connectivity index (χ4n) is 1.75. The Bertz CT molecular complexity index is 533. The Hall–Kier alpha value is -1.04. The van der Waals surface area contributed by atoms with Gasteiger partial charge in [-0.15, -0.1) is 11.3 Å². The molecule has 0 bridgehead atoms. The molecule has 2 rings (SSSR count). The van der Waals surface area contributed by atoms with E-state index in [-0.39, 0.29) is 17.8 Å². The molecule has 0 spiro atoms. The molecule has 0 aliphatic rings. The van der Waals surface area contributed by atoms with Gasteiger partial charge in [-0.3, -0.25) is 0 Å². The fourth-order valence-corrected chi connectivity index (χ4v) is 2.60. The number of thiazole rings is 1. The van der Waals surface area contributed by atoms with Gasteiger partial charge in [-0.2, -0.15) is 0 Å². The molecule has 2 heterocycles. The zero-order chi connectivity index (χ0) is 13.8. The Morgan fingerprint density at radius 1 is 1.42 bits per heavy atom. The Labute approximate surface area is 120 Å². The van der Waals surface area contributed by atoms with Crippen molar-refractivity contribution in [3.63, 3.8) is 0 Å². The van der Waals surface area contributed by atoms with Crippen molar-refractivity contribution in [2.45, 2.75) is 25.8 Å². The topological polar surface area (TPSA) is 37.8 Å². The van der Waals surface area contributed by atoms with E-state index in [0.29, 0.717) is 17.4 Å². The predicted molar refractivity (Wildman–Crippen MR) is 76.2 cm³/mol. The minimum Gasteiger partial charge on any atom is -0.308 e. The van der Waals surface area contributed by atoms with Gasteiger partial charge >= 0.3 is 0 Å². The van der Waals surface area contributed by atoms with E-state index in [9.17, 15) is 4.39 Å². The summed E-state index contributed by atoms with van der Waals surface area (Å²) in [7, 11) is 0. The molecule has 2 aromatic rings. The fraction of sp³-hybridized carbons (Fsp3) is 0.385. The lowest BCUT2D eigenvalue weighted by Gasteiger charge is -2.16. The third-order valence-electron chi connectivity index (χ3n) is 2.85. The summed E-state index contributed by atoms with van der Waals surface area (Å²) in [5, 5.41) is 6.58. The van der Waals surface area contributed by atoms with E-state index in [2.05, 4.69) is 22.2 Å². The molecular weight excluding hydrogens is 285 g/mol. The average molecular weight is 300 g/mol. The summed E-state index contributed by atoms with van der Waals surface area (Å²) >= 11 is 7.41. The largest absolute Gasteiger partial charge is 0.308 e. The van der Waals surface area contributed by atoms with Gasteiger partial charge in [0.05, 0.1) is 10.7 Å². The van der Waals surface area contributed by atoms with E-state index < -0.39 is 0 Å². The van der Waals surface area contributed by atoms with Crippen LogP contribution < -0.4 is 5.32 Å². The first kappa shape index (κ1) is 14.4. The lowest BCUT2D eigenvalue weighted by molar-refractivity contribution is 0.494. The van der Waals surface area contributed by atoms with Gasteiger partial charge in [0.15, 0.2) is 0 Å². The maximum Gasteiger partial charge on any atom is 0.146 e. The van der Waals surface area contributed by atoms with Crippen LogP contribution in [0.25, 0.3) is 0 Å². The Morgan fingerprint density at radius 2 is 2.21 bits per heavy atom. The average Bonchev–Trinajstić information content (AvgIpc) is 2.92. The number of hydrogen-bond donors (Lipinski definition) is 1. The highest BCUT2D eigenvalue weighted by Gasteiger charge is 2.15. The van der Waals surface area contributed by atoms with Crippen LogP contribution in [0.2, 0.25) is 5.15 Å². The van der Waals surface area contributed by atoms with Gasteiger partial charge in [-0.25, -0.2) is 14.4 Å². The van der Waals surface area contributed by atoms with Crippen LogP contribution in [0.1, 0.15) is 36.5 Å². The van der Waals surface area contributed by atoms with E-state index in [1.54, 1.807) is 17.5 Å². The normalized spacial score (nSPS) is 14.3. The molecule has 3 nitrogen and oxygen atoms in total. The van der Waals surface area contributed by atoms with Crippen molar-refractivity contribution in [3.8, 4) is 0 Å². The van der Waals surface area contributed by atoms with Gasteiger partial charge in [0, 0.05) is 30.1 Å². The predicted octanol–water partition coefficient (Wildman–Crippen LogP) is 3.78. The van der Waals surface area contributed by atoms with Gasteiger partial charge < -0.3 is 5.32 Å².